The lowest BCUT2D eigenvalue weighted by Crippen LogP contribution is -2.47. The summed E-state index contributed by atoms with van der Waals surface area (Å²) in [6.45, 7) is 9.65. The Labute approximate surface area is 225 Å². The highest BCUT2D eigenvalue weighted by atomic mass is 32.1. The predicted molar refractivity (Wildman–Crippen MR) is 149 cm³/mol. The van der Waals surface area contributed by atoms with Crippen LogP contribution < -0.4 is 4.90 Å². The normalized spacial score (nSPS) is 24.7. The summed E-state index contributed by atoms with van der Waals surface area (Å²) in [6.07, 6.45) is 6.39. The molecule has 2 N–H and O–H groups in total. The van der Waals surface area contributed by atoms with Crippen molar-refractivity contribution in [3.8, 4) is 11.8 Å². The molecule has 206 valence electrons. The highest BCUT2D eigenvalue weighted by Crippen LogP contribution is 2.40. The Balaban J connectivity index is 1.90. The summed E-state index contributed by atoms with van der Waals surface area (Å²) in [4.78, 5) is 28.7. The second kappa shape index (κ2) is 12.5. The molecule has 0 bridgehead atoms. The van der Waals surface area contributed by atoms with Crippen LogP contribution in [0.4, 0.5) is 5.69 Å². The van der Waals surface area contributed by atoms with Gasteiger partial charge in [0.15, 0.2) is 7.37 Å². The number of amides is 1. The van der Waals surface area contributed by atoms with E-state index in [0.29, 0.717) is 55.2 Å². The summed E-state index contributed by atoms with van der Waals surface area (Å²) in [7, 11) is -2.56. The quantitative estimate of drug-likeness (QED) is 0.293. The molecular formula is C28H42NO6PS. The molecule has 0 aliphatic heterocycles. The van der Waals surface area contributed by atoms with E-state index < -0.39 is 18.8 Å². The molecule has 0 spiro atoms. The van der Waals surface area contributed by atoms with Crippen molar-refractivity contribution in [2.24, 2.45) is 17.3 Å². The first kappa shape index (κ1) is 29.9. The highest BCUT2D eigenvalue weighted by molar-refractivity contribution is 7.57. The van der Waals surface area contributed by atoms with E-state index >= 15 is 0 Å². The monoisotopic (exact) mass is 551 g/mol. The fourth-order valence-electron chi connectivity index (χ4n) is 5.10. The topological polar surface area (TPSA) is 104 Å². The van der Waals surface area contributed by atoms with E-state index in [4.69, 9.17) is 4.52 Å². The van der Waals surface area contributed by atoms with E-state index in [1.807, 2.05) is 13.8 Å². The van der Waals surface area contributed by atoms with Gasteiger partial charge >= 0.3 is 5.97 Å². The highest BCUT2D eigenvalue weighted by Gasteiger charge is 2.37. The molecule has 2 fully saturated rings. The SMILES string of the molecule is CC(C)(C#Cc1cc(N(C(=O)[C@H]2CC[C@H](C)CC2)[C@H]2CC[C@H](O)CC2)c(C(=O)O)s1)CCOP(C)(C)=O. The van der Waals surface area contributed by atoms with Crippen LogP contribution >= 0.6 is 18.7 Å². The number of carboxylic acid groups (broad SMARTS) is 1. The number of carboxylic acids is 1. The molecule has 0 radical (unpaired) electrons. The first-order valence-corrected chi connectivity index (χ1v) is 16.7. The molecule has 1 amide bonds. The Morgan fingerprint density at radius 1 is 1.14 bits per heavy atom. The lowest BCUT2D eigenvalue weighted by molar-refractivity contribution is -0.124. The summed E-state index contributed by atoms with van der Waals surface area (Å²) in [5.41, 5.74) is 0.0159. The van der Waals surface area contributed by atoms with Crippen molar-refractivity contribution in [3.63, 3.8) is 0 Å². The summed E-state index contributed by atoms with van der Waals surface area (Å²) in [5, 5.41) is 20.1. The van der Waals surface area contributed by atoms with Crippen molar-refractivity contribution < 1.29 is 28.9 Å². The molecular weight excluding hydrogens is 509 g/mol. The van der Waals surface area contributed by atoms with Gasteiger partial charge in [-0.1, -0.05) is 18.8 Å². The Bertz CT molecular complexity index is 1060. The number of hydrogen-bond donors (Lipinski definition) is 2. The van der Waals surface area contributed by atoms with Gasteiger partial charge in [-0.3, -0.25) is 9.36 Å². The average Bonchev–Trinajstić information content (AvgIpc) is 3.23. The Kier molecular flexibility index (Phi) is 10.1. The number of carbonyl (C=O) groups is 2. The summed E-state index contributed by atoms with van der Waals surface area (Å²) < 4.78 is 17.2. The van der Waals surface area contributed by atoms with Gasteiger partial charge in [-0.15, -0.1) is 11.3 Å². The third-order valence-corrected chi connectivity index (χ3v) is 9.29. The van der Waals surface area contributed by atoms with Crippen LogP contribution in [0, 0.1) is 29.1 Å². The first-order chi connectivity index (χ1) is 17.3. The number of rotatable bonds is 8. The van der Waals surface area contributed by atoms with E-state index in [1.165, 1.54) is 0 Å². The van der Waals surface area contributed by atoms with E-state index in [1.54, 1.807) is 24.3 Å². The van der Waals surface area contributed by atoms with Gasteiger partial charge in [0, 0.05) is 30.7 Å². The van der Waals surface area contributed by atoms with Crippen molar-refractivity contribution in [2.75, 3.05) is 24.8 Å². The van der Waals surface area contributed by atoms with Crippen molar-refractivity contribution in [1.82, 2.24) is 0 Å². The van der Waals surface area contributed by atoms with Crippen LogP contribution in [0.2, 0.25) is 0 Å². The largest absolute Gasteiger partial charge is 0.477 e. The van der Waals surface area contributed by atoms with Crippen LogP contribution in [0.3, 0.4) is 0 Å². The molecule has 7 nitrogen and oxygen atoms in total. The molecule has 2 saturated carbocycles. The lowest BCUT2D eigenvalue weighted by atomic mass is 9.81. The molecule has 3 rings (SSSR count). The smallest absolute Gasteiger partial charge is 0.348 e. The van der Waals surface area contributed by atoms with Gasteiger partial charge in [0.25, 0.3) is 0 Å². The van der Waals surface area contributed by atoms with Gasteiger partial charge in [0.2, 0.25) is 5.91 Å². The molecule has 0 atom stereocenters. The predicted octanol–water partition coefficient (Wildman–Crippen LogP) is 6.23. The maximum Gasteiger partial charge on any atom is 0.348 e. The summed E-state index contributed by atoms with van der Waals surface area (Å²) in [5.74, 6) is 5.81. The molecule has 1 aromatic rings. The molecule has 0 unspecified atom stereocenters. The van der Waals surface area contributed by atoms with Crippen molar-refractivity contribution in [3.05, 3.63) is 15.8 Å². The second-order valence-corrected chi connectivity index (χ2v) is 15.5. The molecule has 2 aliphatic rings. The molecule has 37 heavy (non-hydrogen) atoms. The number of carbonyl (C=O) groups excluding carboxylic acids is 1. The zero-order valence-corrected chi connectivity index (χ0v) is 24.5. The Hall–Kier alpha value is -1.65. The number of aliphatic hydroxyl groups is 1. The fraction of sp³-hybridized carbons (Fsp3) is 0.714. The fourth-order valence-corrected chi connectivity index (χ4v) is 6.48. The average molecular weight is 552 g/mol. The van der Waals surface area contributed by atoms with Gasteiger partial charge in [0.1, 0.15) is 4.88 Å². The molecule has 1 heterocycles. The van der Waals surface area contributed by atoms with Gasteiger partial charge in [0.05, 0.1) is 23.3 Å². The number of aromatic carboxylic acids is 1. The molecule has 0 saturated heterocycles. The third-order valence-electron chi connectivity index (χ3n) is 7.45. The number of hydrogen-bond acceptors (Lipinski definition) is 6. The van der Waals surface area contributed by atoms with Gasteiger partial charge in [-0.25, -0.2) is 4.79 Å². The number of thiophene rings is 1. The summed E-state index contributed by atoms with van der Waals surface area (Å²) in [6, 6.07) is 1.63. The molecule has 2 aliphatic carbocycles. The first-order valence-electron chi connectivity index (χ1n) is 13.4. The molecule has 0 aromatic carbocycles. The van der Waals surface area contributed by atoms with E-state index in [0.717, 1.165) is 37.0 Å². The Morgan fingerprint density at radius 2 is 1.76 bits per heavy atom. The molecule has 1 aromatic heterocycles. The van der Waals surface area contributed by atoms with Crippen LogP contribution in [-0.2, 0) is 13.9 Å². The summed E-state index contributed by atoms with van der Waals surface area (Å²) >= 11 is 1.10. The van der Waals surface area contributed by atoms with Crippen molar-refractivity contribution in [1.29, 1.82) is 0 Å². The van der Waals surface area contributed by atoms with Crippen molar-refractivity contribution in [2.45, 2.75) is 90.7 Å². The van der Waals surface area contributed by atoms with Crippen LogP contribution in [-0.4, -0.2) is 54.2 Å². The van der Waals surface area contributed by atoms with Crippen LogP contribution in [0.25, 0.3) is 0 Å². The third kappa shape index (κ3) is 8.68. The number of anilines is 1. The second-order valence-electron chi connectivity index (χ2n) is 11.7. The van der Waals surface area contributed by atoms with Crippen molar-refractivity contribution >= 4 is 36.3 Å². The zero-order valence-electron chi connectivity index (χ0n) is 22.8. The number of nitrogens with zero attached hydrogens (tertiary/aromatic N) is 1. The zero-order chi connectivity index (χ0) is 27.4. The standard InChI is InChI=1S/C28H42NO6PS/c1-19-6-8-20(9-7-19)26(31)29(21-10-12-22(30)13-11-21)24-18-23(37-25(24)27(32)33)14-15-28(2,3)16-17-35-36(4,5)34/h18-22,30H,6-13,16-17H2,1-5H3,(H,32,33)/t19-,20-,21-,22-. The van der Waals surface area contributed by atoms with E-state index in [-0.39, 0.29) is 28.8 Å². The van der Waals surface area contributed by atoms with Gasteiger partial charge in [-0.05, 0) is 83.6 Å². The molecule has 9 heteroatoms. The maximum atomic E-state index is 13.9. The number of aliphatic hydroxyl groups excluding tert-OH is 1. The van der Waals surface area contributed by atoms with Gasteiger partial charge in [-0.2, -0.15) is 0 Å². The van der Waals surface area contributed by atoms with Crippen LogP contribution in [0.1, 0.15) is 93.1 Å². The minimum Gasteiger partial charge on any atom is -0.477 e. The minimum atomic E-state index is -2.56. The van der Waals surface area contributed by atoms with Crippen LogP contribution in [0.15, 0.2) is 6.07 Å². The van der Waals surface area contributed by atoms with Crippen LogP contribution in [0.5, 0.6) is 0 Å². The van der Waals surface area contributed by atoms with E-state index in [9.17, 15) is 24.4 Å². The van der Waals surface area contributed by atoms with E-state index in [2.05, 4.69) is 18.8 Å². The minimum absolute atomic E-state index is 0.00846. The Morgan fingerprint density at radius 3 is 2.32 bits per heavy atom. The lowest BCUT2D eigenvalue weighted by Gasteiger charge is -2.38. The maximum absolute atomic E-state index is 13.9. The van der Waals surface area contributed by atoms with Gasteiger partial charge < -0.3 is 19.6 Å².